The van der Waals surface area contributed by atoms with Crippen LogP contribution in [0.2, 0.25) is 0 Å². The highest BCUT2D eigenvalue weighted by molar-refractivity contribution is 6.02. The van der Waals surface area contributed by atoms with Crippen LogP contribution < -0.4 is 15.5 Å². The second kappa shape index (κ2) is 7.23. The zero-order chi connectivity index (χ0) is 16.8. The van der Waals surface area contributed by atoms with Crippen molar-refractivity contribution in [2.24, 2.45) is 0 Å². The van der Waals surface area contributed by atoms with Crippen LogP contribution in [-0.4, -0.2) is 10.9 Å². The number of amides is 1. The van der Waals surface area contributed by atoms with Crippen LogP contribution in [0.4, 0.5) is 5.69 Å². The summed E-state index contributed by atoms with van der Waals surface area (Å²) < 4.78 is 10.6. The molecule has 1 amide bonds. The van der Waals surface area contributed by atoms with Crippen molar-refractivity contribution in [2.45, 2.75) is 6.61 Å². The van der Waals surface area contributed by atoms with Crippen molar-refractivity contribution in [3.63, 3.8) is 0 Å². The molecule has 3 aromatic rings. The minimum absolute atomic E-state index is 0.0526. The summed E-state index contributed by atoms with van der Waals surface area (Å²) in [6.45, 7) is 0.243. The summed E-state index contributed by atoms with van der Waals surface area (Å²) in [6.07, 6.45) is 4.23. The monoisotopic (exact) mass is 322 g/mol. The third-order valence-corrected chi connectivity index (χ3v) is 3.18. The number of benzene rings is 1. The first-order chi connectivity index (χ1) is 11.7. The molecule has 120 valence electrons. The molecule has 0 atom stereocenters. The lowest BCUT2D eigenvalue weighted by Crippen LogP contribution is -2.15. The number of carbonyl (C=O) groups excluding carboxylic acids is 1. The summed E-state index contributed by atoms with van der Waals surface area (Å²) in [5.41, 5.74) is 1.01. The fraction of sp³-hybridized carbons (Fsp3) is 0.0556. The molecule has 0 unspecified atom stereocenters. The third kappa shape index (κ3) is 3.86. The number of hydrogen-bond acceptors (Lipinski definition) is 5. The van der Waals surface area contributed by atoms with E-state index in [1.807, 2.05) is 30.3 Å². The molecule has 2 heterocycles. The van der Waals surface area contributed by atoms with Gasteiger partial charge < -0.3 is 14.5 Å². The molecule has 3 rings (SSSR count). The van der Waals surface area contributed by atoms with Crippen LogP contribution in [0.3, 0.4) is 0 Å². The number of nitrogens with zero attached hydrogens (tertiary/aromatic N) is 1. The fourth-order valence-electron chi connectivity index (χ4n) is 1.99. The van der Waals surface area contributed by atoms with Crippen LogP contribution in [0.25, 0.3) is 0 Å². The molecule has 24 heavy (non-hydrogen) atoms. The molecule has 6 nitrogen and oxygen atoms in total. The predicted molar refractivity (Wildman–Crippen MR) is 87.9 cm³/mol. The van der Waals surface area contributed by atoms with Crippen LogP contribution in [0.15, 0.2) is 76.4 Å². The number of carbonyl (C=O) groups is 1. The van der Waals surface area contributed by atoms with Gasteiger partial charge in [0.1, 0.15) is 12.9 Å². The second-order valence-electron chi connectivity index (χ2n) is 4.94. The molecular formula is C18H14N2O4. The Labute approximate surface area is 137 Å². The van der Waals surface area contributed by atoms with E-state index in [9.17, 15) is 9.59 Å². The molecule has 0 saturated heterocycles. The number of anilines is 1. The van der Waals surface area contributed by atoms with E-state index in [4.69, 9.17) is 9.15 Å². The second-order valence-corrected chi connectivity index (χ2v) is 4.94. The zero-order valence-electron chi connectivity index (χ0n) is 12.6. The lowest BCUT2D eigenvalue weighted by molar-refractivity contribution is 0.0993. The van der Waals surface area contributed by atoms with E-state index in [0.29, 0.717) is 5.69 Å². The minimum atomic E-state index is -0.533. The lowest BCUT2D eigenvalue weighted by atomic mass is 10.2. The SMILES string of the molecule is O=C(Nc1cccnc1)c1cc(=O)c(OCc2ccccc2)co1. The van der Waals surface area contributed by atoms with E-state index in [1.165, 1.54) is 6.20 Å². The number of aromatic nitrogens is 1. The van der Waals surface area contributed by atoms with Gasteiger partial charge in [0.25, 0.3) is 5.91 Å². The van der Waals surface area contributed by atoms with Gasteiger partial charge in [0.05, 0.1) is 11.9 Å². The molecule has 2 aromatic heterocycles. The van der Waals surface area contributed by atoms with Gasteiger partial charge in [-0.15, -0.1) is 0 Å². The molecule has 0 saturated carbocycles. The Morgan fingerprint density at radius 3 is 2.71 bits per heavy atom. The van der Waals surface area contributed by atoms with Crippen molar-refractivity contribution in [1.29, 1.82) is 0 Å². The average Bonchev–Trinajstić information content (AvgIpc) is 2.62. The summed E-state index contributed by atoms with van der Waals surface area (Å²) >= 11 is 0. The molecule has 1 N–H and O–H groups in total. The number of hydrogen-bond donors (Lipinski definition) is 1. The Kier molecular flexibility index (Phi) is 4.67. The van der Waals surface area contributed by atoms with Gasteiger partial charge in [0.2, 0.25) is 11.2 Å². The maximum atomic E-state index is 12.0. The Hall–Kier alpha value is -3.41. The van der Waals surface area contributed by atoms with E-state index >= 15 is 0 Å². The van der Waals surface area contributed by atoms with Gasteiger partial charge in [0.15, 0.2) is 5.76 Å². The van der Waals surface area contributed by atoms with E-state index < -0.39 is 11.3 Å². The Morgan fingerprint density at radius 2 is 2.00 bits per heavy atom. The zero-order valence-corrected chi connectivity index (χ0v) is 12.6. The van der Waals surface area contributed by atoms with Crippen molar-refractivity contribution in [3.8, 4) is 5.75 Å². The van der Waals surface area contributed by atoms with E-state index in [2.05, 4.69) is 10.3 Å². The molecule has 1 aromatic carbocycles. The fourth-order valence-corrected chi connectivity index (χ4v) is 1.99. The molecule has 0 aliphatic carbocycles. The summed E-state index contributed by atoms with van der Waals surface area (Å²) in [5, 5.41) is 2.59. The van der Waals surface area contributed by atoms with Gasteiger partial charge in [0, 0.05) is 12.3 Å². The maximum absolute atomic E-state index is 12.0. The molecule has 0 radical (unpaired) electrons. The Morgan fingerprint density at radius 1 is 1.17 bits per heavy atom. The van der Waals surface area contributed by atoms with Crippen molar-refractivity contribution in [2.75, 3.05) is 5.32 Å². The number of nitrogens with one attached hydrogen (secondary N) is 1. The first-order valence-corrected chi connectivity index (χ1v) is 7.23. The predicted octanol–water partition coefficient (Wildman–Crippen LogP) is 2.87. The minimum Gasteiger partial charge on any atom is -0.482 e. The van der Waals surface area contributed by atoms with Crippen LogP contribution in [-0.2, 0) is 6.61 Å². The van der Waals surface area contributed by atoms with E-state index in [1.54, 1.807) is 18.3 Å². The van der Waals surface area contributed by atoms with Gasteiger partial charge in [-0.25, -0.2) is 0 Å². The van der Waals surface area contributed by atoms with Gasteiger partial charge in [-0.3, -0.25) is 14.6 Å². The van der Waals surface area contributed by atoms with Gasteiger partial charge in [-0.1, -0.05) is 30.3 Å². The molecule has 0 spiro atoms. The third-order valence-electron chi connectivity index (χ3n) is 3.18. The van der Waals surface area contributed by atoms with E-state index in [0.717, 1.165) is 17.9 Å². The lowest BCUT2D eigenvalue weighted by Gasteiger charge is -2.06. The number of ether oxygens (including phenoxy) is 1. The van der Waals surface area contributed by atoms with E-state index in [-0.39, 0.29) is 18.1 Å². The topological polar surface area (TPSA) is 81.4 Å². The first kappa shape index (κ1) is 15.5. The summed E-state index contributed by atoms with van der Waals surface area (Å²) in [7, 11) is 0. The first-order valence-electron chi connectivity index (χ1n) is 7.23. The van der Waals surface area contributed by atoms with Crippen LogP contribution >= 0.6 is 0 Å². The van der Waals surface area contributed by atoms with Gasteiger partial charge in [-0.2, -0.15) is 0 Å². The molecular weight excluding hydrogens is 308 g/mol. The standard InChI is InChI=1S/C18H14N2O4/c21-15-9-16(18(22)20-14-7-4-8-19-10-14)24-12-17(15)23-11-13-5-2-1-3-6-13/h1-10,12H,11H2,(H,20,22). The normalized spacial score (nSPS) is 10.2. The molecule has 6 heteroatoms. The summed E-state index contributed by atoms with van der Waals surface area (Å²) in [4.78, 5) is 28.0. The van der Waals surface area contributed by atoms with Gasteiger partial charge in [-0.05, 0) is 17.7 Å². The maximum Gasteiger partial charge on any atom is 0.291 e. The van der Waals surface area contributed by atoms with Crippen LogP contribution in [0.5, 0.6) is 5.75 Å². The molecule has 0 fully saturated rings. The smallest absolute Gasteiger partial charge is 0.291 e. The highest BCUT2D eigenvalue weighted by atomic mass is 16.5. The van der Waals surface area contributed by atoms with Crippen LogP contribution in [0, 0.1) is 0 Å². The number of pyridine rings is 1. The largest absolute Gasteiger partial charge is 0.482 e. The number of rotatable bonds is 5. The van der Waals surface area contributed by atoms with Crippen molar-refractivity contribution in [1.82, 2.24) is 4.98 Å². The highest BCUT2D eigenvalue weighted by Crippen LogP contribution is 2.11. The summed E-state index contributed by atoms with van der Waals surface area (Å²) in [6, 6.07) is 13.9. The van der Waals surface area contributed by atoms with Crippen molar-refractivity contribution < 1.29 is 13.9 Å². The quantitative estimate of drug-likeness (QED) is 0.781. The highest BCUT2D eigenvalue weighted by Gasteiger charge is 2.12. The van der Waals surface area contributed by atoms with Crippen molar-refractivity contribution in [3.05, 3.63) is 88.7 Å². The Balaban J connectivity index is 1.68. The van der Waals surface area contributed by atoms with Gasteiger partial charge >= 0.3 is 0 Å². The molecule has 0 bridgehead atoms. The molecule has 0 aliphatic rings. The summed E-state index contributed by atoms with van der Waals surface area (Å²) in [5.74, 6) is -0.581. The average molecular weight is 322 g/mol. The Bertz CT molecular complexity index is 876. The molecule has 0 aliphatic heterocycles. The van der Waals surface area contributed by atoms with Crippen molar-refractivity contribution >= 4 is 11.6 Å². The van der Waals surface area contributed by atoms with Crippen LogP contribution in [0.1, 0.15) is 16.1 Å².